The fourth-order valence-corrected chi connectivity index (χ4v) is 1.23. The molecule has 0 aliphatic rings. The van der Waals surface area contributed by atoms with Crippen LogP contribution in [0.4, 0.5) is 0 Å². The smallest absolute Gasteiger partial charge is 0.326 e. The summed E-state index contributed by atoms with van der Waals surface area (Å²) in [7, 11) is -3.59. The molecule has 0 spiro atoms. The highest BCUT2D eigenvalue weighted by atomic mass is 32.2. The van der Waals surface area contributed by atoms with Crippen LogP contribution in [0.25, 0.3) is 0 Å². The number of carbonyl (C=O) groups is 2. The lowest BCUT2D eigenvalue weighted by Crippen LogP contribution is -2.52. The third-order valence-electron chi connectivity index (χ3n) is 2.49. The lowest BCUT2D eigenvalue weighted by atomic mass is 10.1. The molecule has 2 N–H and O–H groups in total. The monoisotopic (exact) mass is 251 g/mol. The number of carboxylic acids is 1. The Morgan fingerprint density at radius 2 is 1.81 bits per heavy atom. The molecule has 16 heavy (non-hydrogen) atoms. The van der Waals surface area contributed by atoms with Gasteiger partial charge in [0.25, 0.3) is 0 Å². The Labute approximate surface area is 95.0 Å². The minimum atomic E-state index is -3.59. The number of nitrogens with one attached hydrogen (secondary N) is 1. The van der Waals surface area contributed by atoms with Gasteiger partial charge in [-0.1, -0.05) is 6.92 Å². The van der Waals surface area contributed by atoms with Crippen LogP contribution in [0.2, 0.25) is 0 Å². The summed E-state index contributed by atoms with van der Waals surface area (Å²) in [4.78, 5) is 22.3. The molecule has 0 radical (unpaired) electrons. The number of carbonyl (C=O) groups excluding carboxylic acids is 1. The standard InChI is InChI=1S/C9H17NO5S/c1-5-6(7(11)12)10-8(13)9(2,3)16(4,14)15/h6H,5H2,1-4H3,(H,10,13)(H,11,12). The topological polar surface area (TPSA) is 101 Å². The lowest BCUT2D eigenvalue weighted by molar-refractivity contribution is -0.142. The summed E-state index contributed by atoms with van der Waals surface area (Å²) in [6, 6.07) is -1.06. The molecule has 7 heteroatoms. The van der Waals surface area contributed by atoms with Crippen LogP contribution in [0.15, 0.2) is 0 Å². The van der Waals surface area contributed by atoms with E-state index in [2.05, 4.69) is 5.32 Å². The van der Waals surface area contributed by atoms with Crippen molar-refractivity contribution in [2.45, 2.75) is 38.0 Å². The summed E-state index contributed by atoms with van der Waals surface area (Å²) in [5, 5.41) is 10.9. The number of aliphatic carboxylic acids is 1. The summed E-state index contributed by atoms with van der Waals surface area (Å²) in [6.45, 7) is 4.07. The van der Waals surface area contributed by atoms with Crippen LogP contribution < -0.4 is 5.32 Å². The van der Waals surface area contributed by atoms with Gasteiger partial charge in [-0.25, -0.2) is 13.2 Å². The van der Waals surface area contributed by atoms with Crippen LogP contribution in [0, 0.1) is 0 Å². The normalized spacial score (nSPS) is 14.2. The maximum absolute atomic E-state index is 11.6. The Kier molecular flexibility index (Phi) is 4.48. The minimum Gasteiger partial charge on any atom is -0.480 e. The average Bonchev–Trinajstić information content (AvgIpc) is 2.11. The number of amides is 1. The molecule has 0 aliphatic heterocycles. The molecule has 0 bridgehead atoms. The lowest BCUT2D eigenvalue weighted by Gasteiger charge is -2.23. The Bertz CT molecular complexity index is 385. The molecule has 0 aliphatic carbocycles. The minimum absolute atomic E-state index is 0.195. The van der Waals surface area contributed by atoms with Gasteiger partial charge in [0, 0.05) is 6.26 Å². The first-order valence-corrected chi connectivity index (χ1v) is 6.66. The molecule has 0 fully saturated rings. The largest absolute Gasteiger partial charge is 0.480 e. The van der Waals surface area contributed by atoms with E-state index in [4.69, 9.17) is 5.11 Å². The van der Waals surface area contributed by atoms with Gasteiger partial charge in [0.15, 0.2) is 9.84 Å². The van der Waals surface area contributed by atoms with E-state index in [-0.39, 0.29) is 6.42 Å². The van der Waals surface area contributed by atoms with Crippen molar-refractivity contribution in [1.29, 1.82) is 0 Å². The zero-order valence-corrected chi connectivity index (χ0v) is 10.6. The van der Waals surface area contributed by atoms with E-state index in [0.717, 1.165) is 6.26 Å². The summed E-state index contributed by atoms with van der Waals surface area (Å²) >= 11 is 0. The number of rotatable bonds is 5. The van der Waals surface area contributed by atoms with E-state index >= 15 is 0 Å². The fourth-order valence-electron chi connectivity index (χ4n) is 0.839. The van der Waals surface area contributed by atoms with Gasteiger partial charge in [-0.15, -0.1) is 0 Å². The molecule has 0 rings (SSSR count). The fraction of sp³-hybridized carbons (Fsp3) is 0.778. The number of hydrogen-bond acceptors (Lipinski definition) is 4. The Morgan fingerprint density at radius 1 is 1.38 bits per heavy atom. The molecule has 1 atom stereocenters. The first kappa shape index (κ1) is 14.9. The number of carboxylic acid groups (broad SMARTS) is 1. The molecule has 0 aromatic carbocycles. The molecule has 1 amide bonds. The predicted octanol–water partition coefficient (Wildman–Crippen LogP) is -0.211. The second kappa shape index (κ2) is 4.82. The second-order valence-electron chi connectivity index (χ2n) is 4.06. The van der Waals surface area contributed by atoms with Crippen molar-refractivity contribution in [3.63, 3.8) is 0 Å². The van der Waals surface area contributed by atoms with Crippen LogP contribution in [-0.2, 0) is 19.4 Å². The Balaban J connectivity index is 4.90. The first-order valence-electron chi connectivity index (χ1n) is 4.77. The van der Waals surface area contributed by atoms with Gasteiger partial charge in [0.05, 0.1) is 0 Å². The summed E-state index contributed by atoms with van der Waals surface area (Å²) in [5.74, 6) is -1.98. The van der Waals surface area contributed by atoms with Crippen LogP contribution >= 0.6 is 0 Å². The predicted molar refractivity (Wildman–Crippen MR) is 58.8 cm³/mol. The third kappa shape index (κ3) is 3.19. The SMILES string of the molecule is CCC(NC(=O)C(C)(C)S(C)(=O)=O)C(=O)O. The van der Waals surface area contributed by atoms with Gasteiger partial charge in [0.2, 0.25) is 5.91 Å². The summed E-state index contributed by atoms with van der Waals surface area (Å²) in [5.41, 5.74) is 0. The van der Waals surface area contributed by atoms with Crippen LogP contribution in [0.1, 0.15) is 27.2 Å². The zero-order valence-electron chi connectivity index (χ0n) is 9.77. The summed E-state index contributed by atoms with van der Waals surface area (Å²) < 4.78 is 21.0. The van der Waals surface area contributed by atoms with Crippen molar-refractivity contribution in [3.05, 3.63) is 0 Å². The van der Waals surface area contributed by atoms with Crippen molar-refractivity contribution in [2.75, 3.05) is 6.26 Å². The van der Waals surface area contributed by atoms with Crippen LogP contribution in [-0.4, -0.2) is 42.4 Å². The maximum atomic E-state index is 11.6. The van der Waals surface area contributed by atoms with Gasteiger partial charge in [0.1, 0.15) is 10.8 Å². The van der Waals surface area contributed by atoms with E-state index in [1.54, 1.807) is 6.92 Å². The van der Waals surface area contributed by atoms with Crippen molar-refractivity contribution in [2.24, 2.45) is 0 Å². The van der Waals surface area contributed by atoms with E-state index in [0.29, 0.717) is 0 Å². The van der Waals surface area contributed by atoms with Gasteiger partial charge < -0.3 is 10.4 Å². The quantitative estimate of drug-likeness (QED) is 0.704. The van der Waals surface area contributed by atoms with Crippen LogP contribution in [0.3, 0.4) is 0 Å². The van der Waals surface area contributed by atoms with Gasteiger partial charge in [-0.3, -0.25) is 4.79 Å². The maximum Gasteiger partial charge on any atom is 0.326 e. The van der Waals surface area contributed by atoms with Crippen LogP contribution in [0.5, 0.6) is 0 Å². The molecule has 0 saturated heterocycles. The molecular formula is C9H17NO5S. The van der Waals surface area contributed by atoms with E-state index in [1.807, 2.05) is 0 Å². The van der Waals surface area contributed by atoms with Crippen molar-refractivity contribution in [3.8, 4) is 0 Å². The molecule has 0 aromatic rings. The molecule has 1 unspecified atom stereocenters. The molecule has 0 heterocycles. The highest BCUT2D eigenvalue weighted by Gasteiger charge is 2.39. The average molecular weight is 251 g/mol. The first-order chi connectivity index (χ1) is 7.04. The van der Waals surface area contributed by atoms with E-state index in [1.165, 1.54) is 13.8 Å². The van der Waals surface area contributed by atoms with Gasteiger partial charge in [-0.05, 0) is 20.3 Å². The Hall–Kier alpha value is -1.11. The summed E-state index contributed by atoms with van der Waals surface area (Å²) in [6.07, 6.45) is 1.13. The van der Waals surface area contributed by atoms with E-state index < -0.39 is 32.5 Å². The molecular weight excluding hydrogens is 234 g/mol. The van der Waals surface area contributed by atoms with Crippen molar-refractivity contribution >= 4 is 21.7 Å². The highest BCUT2D eigenvalue weighted by Crippen LogP contribution is 2.15. The van der Waals surface area contributed by atoms with E-state index in [9.17, 15) is 18.0 Å². The number of sulfone groups is 1. The highest BCUT2D eigenvalue weighted by molar-refractivity contribution is 7.92. The second-order valence-corrected chi connectivity index (χ2v) is 6.62. The molecule has 0 aromatic heterocycles. The van der Waals surface area contributed by atoms with Crippen molar-refractivity contribution < 1.29 is 23.1 Å². The molecule has 0 saturated carbocycles. The van der Waals surface area contributed by atoms with Crippen molar-refractivity contribution in [1.82, 2.24) is 5.32 Å². The van der Waals surface area contributed by atoms with Gasteiger partial charge >= 0.3 is 5.97 Å². The molecule has 6 nitrogen and oxygen atoms in total. The zero-order chi connectivity index (χ0) is 13.1. The number of hydrogen-bond donors (Lipinski definition) is 2. The Morgan fingerprint density at radius 3 is 2.06 bits per heavy atom. The van der Waals surface area contributed by atoms with Gasteiger partial charge in [-0.2, -0.15) is 0 Å². The third-order valence-corrected chi connectivity index (χ3v) is 4.52. The molecule has 94 valence electrons.